The quantitative estimate of drug-likeness (QED) is 0.829. The number of amides is 1. The Kier molecular flexibility index (Phi) is 3.08. The van der Waals surface area contributed by atoms with E-state index >= 15 is 0 Å². The molecule has 0 saturated carbocycles. The van der Waals surface area contributed by atoms with Gasteiger partial charge in [-0.1, -0.05) is 0 Å². The smallest absolute Gasteiger partial charge is 0.272 e. The van der Waals surface area contributed by atoms with E-state index in [1.807, 2.05) is 48.9 Å². The highest BCUT2D eigenvalue weighted by Crippen LogP contribution is 2.23. The largest absolute Gasteiger partial charge is 0.335 e. The van der Waals surface area contributed by atoms with Gasteiger partial charge in [0.2, 0.25) is 0 Å². The third-order valence-corrected chi connectivity index (χ3v) is 3.78. The van der Waals surface area contributed by atoms with Gasteiger partial charge < -0.3 is 4.90 Å². The molecule has 1 saturated heterocycles. The lowest BCUT2D eigenvalue weighted by atomic mass is 10.3. The zero-order valence-electron chi connectivity index (χ0n) is 12.1. The number of aromatic nitrogens is 4. The molecule has 6 nitrogen and oxygen atoms in total. The summed E-state index contributed by atoms with van der Waals surface area (Å²) < 4.78 is 3.63. The Morgan fingerprint density at radius 3 is 2.80 bits per heavy atom. The Labute approximate surface area is 118 Å². The molecule has 20 heavy (non-hydrogen) atoms. The van der Waals surface area contributed by atoms with Gasteiger partial charge in [0.1, 0.15) is 5.69 Å². The van der Waals surface area contributed by atoms with E-state index in [4.69, 9.17) is 0 Å². The average molecular weight is 273 g/mol. The molecule has 0 spiro atoms. The van der Waals surface area contributed by atoms with Crippen molar-refractivity contribution in [2.45, 2.75) is 26.3 Å². The fourth-order valence-corrected chi connectivity index (χ4v) is 2.75. The fourth-order valence-electron chi connectivity index (χ4n) is 2.75. The van der Waals surface area contributed by atoms with Crippen LogP contribution in [0.5, 0.6) is 0 Å². The lowest BCUT2D eigenvalue weighted by Crippen LogP contribution is -2.30. The SMILES string of the molecule is Cc1cnn(C2CCN(C(=O)c3cc(C)nn3C)C2)c1. The zero-order valence-corrected chi connectivity index (χ0v) is 12.1. The highest BCUT2D eigenvalue weighted by atomic mass is 16.2. The van der Waals surface area contributed by atoms with Crippen LogP contribution in [0.1, 0.15) is 34.2 Å². The molecule has 3 heterocycles. The predicted molar refractivity (Wildman–Crippen MR) is 74.5 cm³/mol. The van der Waals surface area contributed by atoms with Crippen molar-refractivity contribution in [2.24, 2.45) is 7.05 Å². The molecule has 1 aliphatic heterocycles. The van der Waals surface area contributed by atoms with Crippen LogP contribution < -0.4 is 0 Å². The standard InChI is InChI=1S/C14H19N5O/c1-10-7-15-19(8-10)12-4-5-18(9-12)14(20)13-6-11(2)16-17(13)3/h6-8,12H,4-5,9H2,1-3H3. The second kappa shape index (κ2) is 4.77. The van der Waals surface area contributed by atoms with E-state index in [0.717, 1.165) is 24.2 Å². The van der Waals surface area contributed by atoms with Gasteiger partial charge in [-0.25, -0.2) is 0 Å². The minimum absolute atomic E-state index is 0.0551. The molecule has 1 unspecified atom stereocenters. The molecule has 0 aromatic carbocycles. The first-order valence-corrected chi connectivity index (χ1v) is 6.85. The zero-order chi connectivity index (χ0) is 14.3. The van der Waals surface area contributed by atoms with Crippen LogP contribution in [0.25, 0.3) is 0 Å². The van der Waals surface area contributed by atoms with Crippen molar-refractivity contribution in [1.82, 2.24) is 24.5 Å². The summed E-state index contributed by atoms with van der Waals surface area (Å²) in [5.74, 6) is 0.0551. The third kappa shape index (κ3) is 2.21. The van der Waals surface area contributed by atoms with Crippen LogP contribution in [0, 0.1) is 13.8 Å². The number of likely N-dealkylation sites (tertiary alicyclic amines) is 1. The van der Waals surface area contributed by atoms with Gasteiger partial charge in [0.05, 0.1) is 17.9 Å². The van der Waals surface area contributed by atoms with Gasteiger partial charge in [-0.3, -0.25) is 14.2 Å². The molecule has 2 aromatic heterocycles. The average Bonchev–Trinajstić information content (AvgIpc) is 3.08. The van der Waals surface area contributed by atoms with Crippen LogP contribution in [-0.4, -0.2) is 43.5 Å². The molecule has 106 valence electrons. The lowest BCUT2D eigenvalue weighted by molar-refractivity contribution is 0.0776. The van der Waals surface area contributed by atoms with Crippen molar-refractivity contribution >= 4 is 5.91 Å². The van der Waals surface area contributed by atoms with Crippen LogP contribution in [0.15, 0.2) is 18.5 Å². The van der Waals surface area contributed by atoms with Crippen molar-refractivity contribution in [1.29, 1.82) is 0 Å². The highest BCUT2D eigenvalue weighted by Gasteiger charge is 2.29. The molecule has 0 N–H and O–H groups in total. The van der Waals surface area contributed by atoms with Gasteiger partial charge in [0.25, 0.3) is 5.91 Å². The summed E-state index contributed by atoms with van der Waals surface area (Å²) in [6.07, 6.45) is 4.84. The summed E-state index contributed by atoms with van der Waals surface area (Å²) in [4.78, 5) is 14.4. The Balaban J connectivity index is 1.74. The number of carbonyl (C=O) groups excluding carboxylic acids is 1. The molecular formula is C14H19N5O. The van der Waals surface area contributed by atoms with Gasteiger partial charge in [-0.05, 0) is 31.9 Å². The number of rotatable bonds is 2. The van der Waals surface area contributed by atoms with E-state index in [9.17, 15) is 4.79 Å². The molecule has 0 aliphatic carbocycles. The number of aryl methyl sites for hydroxylation is 3. The maximum absolute atomic E-state index is 12.5. The predicted octanol–water partition coefficient (Wildman–Crippen LogP) is 1.32. The molecule has 2 aromatic rings. The van der Waals surface area contributed by atoms with Crippen LogP contribution in [0.4, 0.5) is 0 Å². The summed E-state index contributed by atoms with van der Waals surface area (Å²) >= 11 is 0. The maximum atomic E-state index is 12.5. The molecule has 6 heteroatoms. The van der Waals surface area contributed by atoms with Gasteiger partial charge >= 0.3 is 0 Å². The molecule has 0 radical (unpaired) electrons. The molecule has 1 aliphatic rings. The van der Waals surface area contributed by atoms with Gasteiger partial charge in [-0.15, -0.1) is 0 Å². The Bertz CT molecular complexity index is 642. The molecule has 3 rings (SSSR count). The fraction of sp³-hybridized carbons (Fsp3) is 0.500. The molecule has 0 bridgehead atoms. The molecular weight excluding hydrogens is 254 g/mol. The number of hydrogen-bond acceptors (Lipinski definition) is 3. The van der Waals surface area contributed by atoms with Crippen molar-refractivity contribution in [3.8, 4) is 0 Å². The van der Waals surface area contributed by atoms with Gasteiger partial charge in [-0.2, -0.15) is 10.2 Å². The summed E-state index contributed by atoms with van der Waals surface area (Å²) in [6.45, 7) is 5.41. The van der Waals surface area contributed by atoms with E-state index in [1.54, 1.807) is 4.68 Å². The first kappa shape index (κ1) is 12.9. The van der Waals surface area contributed by atoms with Gasteiger partial charge in [0, 0.05) is 26.3 Å². The maximum Gasteiger partial charge on any atom is 0.272 e. The van der Waals surface area contributed by atoms with Crippen LogP contribution in [-0.2, 0) is 7.05 Å². The Hall–Kier alpha value is -2.11. The second-order valence-corrected chi connectivity index (χ2v) is 5.49. The van der Waals surface area contributed by atoms with E-state index in [1.165, 1.54) is 0 Å². The van der Waals surface area contributed by atoms with Crippen LogP contribution in [0.2, 0.25) is 0 Å². The molecule has 1 fully saturated rings. The normalized spacial score (nSPS) is 18.8. The first-order chi connectivity index (χ1) is 9.54. The Morgan fingerprint density at radius 1 is 1.40 bits per heavy atom. The minimum Gasteiger partial charge on any atom is -0.335 e. The van der Waals surface area contributed by atoms with E-state index in [2.05, 4.69) is 10.2 Å². The van der Waals surface area contributed by atoms with E-state index in [0.29, 0.717) is 12.2 Å². The summed E-state index contributed by atoms with van der Waals surface area (Å²) in [7, 11) is 1.81. The summed E-state index contributed by atoms with van der Waals surface area (Å²) in [6, 6.07) is 2.12. The monoisotopic (exact) mass is 273 g/mol. The van der Waals surface area contributed by atoms with Crippen molar-refractivity contribution in [3.63, 3.8) is 0 Å². The molecule has 1 atom stereocenters. The first-order valence-electron chi connectivity index (χ1n) is 6.85. The van der Waals surface area contributed by atoms with Crippen molar-refractivity contribution in [3.05, 3.63) is 35.4 Å². The van der Waals surface area contributed by atoms with Gasteiger partial charge in [0.15, 0.2) is 0 Å². The van der Waals surface area contributed by atoms with Crippen molar-refractivity contribution in [2.75, 3.05) is 13.1 Å². The topological polar surface area (TPSA) is 56.0 Å². The van der Waals surface area contributed by atoms with Crippen LogP contribution >= 0.6 is 0 Å². The highest BCUT2D eigenvalue weighted by molar-refractivity contribution is 5.92. The third-order valence-electron chi connectivity index (χ3n) is 3.78. The summed E-state index contributed by atoms with van der Waals surface area (Å²) in [5, 5.41) is 8.58. The summed E-state index contributed by atoms with van der Waals surface area (Å²) in [5.41, 5.74) is 2.67. The number of nitrogens with zero attached hydrogens (tertiary/aromatic N) is 5. The lowest BCUT2D eigenvalue weighted by Gasteiger charge is -2.16. The van der Waals surface area contributed by atoms with E-state index in [-0.39, 0.29) is 11.9 Å². The van der Waals surface area contributed by atoms with E-state index < -0.39 is 0 Å². The van der Waals surface area contributed by atoms with Crippen LogP contribution in [0.3, 0.4) is 0 Å². The number of carbonyl (C=O) groups is 1. The number of hydrogen-bond donors (Lipinski definition) is 0. The molecule has 1 amide bonds. The minimum atomic E-state index is 0.0551. The second-order valence-electron chi connectivity index (χ2n) is 5.49. The van der Waals surface area contributed by atoms with Crippen molar-refractivity contribution < 1.29 is 4.79 Å². The Morgan fingerprint density at radius 2 is 2.20 bits per heavy atom.